The fraction of sp³-hybridized carbons (Fsp3) is 0.105. The fourth-order valence-electron chi connectivity index (χ4n) is 2.92. The molecule has 2 N–H and O–H groups in total. The van der Waals surface area contributed by atoms with Gasteiger partial charge in [0.25, 0.3) is 11.5 Å². The van der Waals surface area contributed by atoms with Crippen LogP contribution >= 0.6 is 0 Å². The highest BCUT2D eigenvalue weighted by molar-refractivity contribution is 6.04. The summed E-state index contributed by atoms with van der Waals surface area (Å²) in [6.07, 6.45) is -4.91. The Hall–Kier alpha value is -3.82. The molecule has 0 bridgehead atoms. The van der Waals surface area contributed by atoms with Gasteiger partial charge in [-0.2, -0.15) is 13.2 Å². The van der Waals surface area contributed by atoms with E-state index in [-0.39, 0.29) is 22.5 Å². The second-order valence-corrected chi connectivity index (χ2v) is 6.25. The SMILES string of the molecule is Cn1[nH]c(=O)c2cc(NC(=O)c3nc(-c4ccccc4)oc3C(F)(F)F)ccc21. The quantitative estimate of drug-likeness (QED) is 0.545. The molecule has 4 rings (SSSR count). The number of aromatic amines is 1. The van der Waals surface area contributed by atoms with Crippen LogP contribution < -0.4 is 10.9 Å². The van der Waals surface area contributed by atoms with Crippen molar-refractivity contribution >= 4 is 22.5 Å². The summed E-state index contributed by atoms with van der Waals surface area (Å²) in [6.45, 7) is 0. The largest absolute Gasteiger partial charge is 0.452 e. The number of hydrogen-bond donors (Lipinski definition) is 2. The number of nitrogens with one attached hydrogen (secondary N) is 2. The minimum absolute atomic E-state index is 0.150. The third-order valence-corrected chi connectivity index (χ3v) is 4.25. The standard InChI is InChI=1S/C19H13F3N4O3/c1-26-13-8-7-11(9-12(13)16(27)25-26)23-17(28)14-15(19(20,21)22)29-18(24-14)10-5-3-2-4-6-10/h2-9H,1H3,(H,23,28)(H,25,27). The molecule has 2 aromatic heterocycles. The van der Waals surface area contributed by atoms with E-state index in [2.05, 4.69) is 15.4 Å². The number of fused-ring (bicyclic) bond motifs is 1. The summed E-state index contributed by atoms with van der Waals surface area (Å²) in [6, 6.07) is 12.3. The van der Waals surface area contributed by atoms with Crippen LogP contribution in [0.15, 0.2) is 57.7 Å². The smallest absolute Gasteiger partial charge is 0.431 e. The molecule has 0 fully saturated rings. The highest BCUT2D eigenvalue weighted by Gasteiger charge is 2.42. The third-order valence-electron chi connectivity index (χ3n) is 4.25. The topological polar surface area (TPSA) is 92.9 Å². The van der Waals surface area contributed by atoms with Gasteiger partial charge in [0.15, 0.2) is 5.69 Å². The maximum atomic E-state index is 13.4. The number of carbonyl (C=O) groups is 1. The lowest BCUT2D eigenvalue weighted by Gasteiger charge is -2.06. The molecule has 1 amide bonds. The number of rotatable bonds is 3. The van der Waals surface area contributed by atoms with Gasteiger partial charge < -0.3 is 9.73 Å². The number of alkyl halides is 3. The Kier molecular flexibility index (Phi) is 4.26. The molecular weight excluding hydrogens is 389 g/mol. The molecule has 0 aliphatic rings. The predicted molar refractivity (Wildman–Crippen MR) is 98.4 cm³/mol. The Morgan fingerprint density at radius 3 is 2.59 bits per heavy atom. The molecule has 0 aliphatic heterocycles. The lowest BCUT2D eigenvalue weighted by atomic mass is 10.2. The number of aromatic nitrogens is 3. The second-order valence-electron chi connectivity index (χ2n) is 6.25. The van der Waals surface area contributed by atoms with E-state index in [0.717, 1.165) is 0 Å². The zero-order valence-electron chi connectivity index (χ0n) is 14.9. The van der Waals surface area contributed by atoms with Crippen molar-refractivity contribution in [2.45, 2.75) is 6.18 Å². The summed E-state index contributed by atoms with van der Waals surface area (Å²) < 4.78 is 46.5. The van der Waals surface area contributed by atoms with Gasteiger partial charge in [-0.15, -0.1) is 0 Å². The first kappa shape index (κ1) is 18.5. The Bertz CT molecular complexity index is 1270. The van der Waals surface area contributed by atoms with Gasteiger partial charge in [-0.1, -0.05) is 18.2 Å². The third kappa shape index (κ3) is 3.40. The normalized spacial score (nSPS) is 11.7. The molecule has 148 valence electrons. The highest BCUT2D eigenvalue weighted by atomic mass is 19.4. The maximum absolute atomic E-state index is 13.4. The Balaban J connectivity index is 1.72. The van der Waals surface area contributed by atoms with Gasteiger partial charge in [-0.3, -0.25) is 19.4 Å². The van der Waals surface area contributed by atoms with Crippen molar-refractivity contribution in [2.24, 2.45) is 7.05 Å². The number of benzene rings is 2. The molecule has 10 heteroatoms. The van der Waals surface area contributed by atoms with E-state index in [1.165, 1.54) is 28.9 Å². The molecule has 0 saturated carbocycles. The van der Waals surface area contributed by atoms with Gasteiger partial charge in [0.1, 0.15) is 0 Å². The number of carbonyl (C=O) groups excluding carboxylic acids is 1. The summed E-state index contributed by atoms with van der Waals surface area (Å²) >= 11 is 0. The first-order chi connectivity index (χ1) is 13.7. The predicted octanol–water partition coefficient (Wildman–Crippen LogP) is 3.79. The van der Waals surface area contributed by atoms with Gasteiger partial charge in [0, 0.05) is 18.3 Å². The Labute approximate surface area is 160 Å². The van der Waals surface area contributed by atoms with Gasteiger partial charge in [0.2, 0.25) is 11.7 Å². The molecule has 0 radical (unpaired) electrons. The van der Waals surface area contributed by atoms with Gasteiger partial charge >= 0.3 is 6.18 Å². The van der Waals surface area contributed by atoms with Crippen LogP contribution in [0.4, 0.5) is 18.9 Å². The number of oxazole rings is 1. The number of aryl methyl sites for hydroxylation is 1. The average Bonchev–Trinajstić information content (AvgIpc) is 3.25. The number of H-pyrrole nitrogens is 1. The summed E-state index contributed by atoms with van der Waals surface area (Å²) in [4.78, 5) is 28.2. The van der Waals surface area contributed by atoms with E-state index in [0.29, 0.717) is 11.1 Å². The van der Waals surface area contributed by atoms with E-state index in [9.17, 15) is 22.8 Å². The number of hydrogen-bond acceptors (Lipinski definition) is 4. The molecule has 0 atom stereocenters. The fourth-order valence-corrected chi connectivity index (χ4v) is 2.92. The van der Waals surface area contributed by atoms with Crippen molar-refractivity contribution in [3.8, 4) is 11.5 Å². The average molecular weight is 402 g/mol. The minimum Gasteiger partial charge on any atom is -0.431 e. The monoisotopic (exact) mass is 402 g/mol. The summed E-state index contributed by atoms with van der Waals surface area (Å²) in [5.74, 6) is -2.92. The second kappa shape index (κ2) is 6.66. The number of anilines is 1. The van der Waals surface area contributed by atoms with Crippen molar-refractivity contribution in [3.05, 3.63) is 70.3 Å². The van der Waals surface area contributed by atoms with Crippen LogP contribution in [0.3, 0.4) is 0 Å². The molecule has 2 heterocycles. The van der Waals surface area contributed by atoms with Crippen molar-refractivity contribution in [2.75, 3.05) is 5.32 Å². The summed E-state index contributed by atoms with van der Waals surface area (Å²) in [5, 5.41) is 5.17. The first-order valence-corrected chi connectivity index (χ1v) is 8.37. The molecular formula is C19H13F3N4O3. The summed E-state index contributed by atoms with van der Waals surface area (Å²) in [5.41, 5.74) is -0.247. The molecule has 4 aromatic rings. The van der Waals surface area contributed by atoms with Crippen LogP contribution in [0.5, 0.6) is 0 Å². The molecule has 29 heavy (non-hydrogen) atoms. The van der Waals surface area contributed by atoms with Crippen LogP contribution in [0.25, 0.3) is 22.4 Å². The molecule has 0 spiro atoms. The van der Waals surface area contributed by atoms with Crippen molar-refractivity contribution in [1.29, 1.82) is 0 Å². The van der Waals surface area contributed by atoms with E-state index in [1.807, 2.05) is 0 Å². The zero-order valence-corrected chi connectivity index (χ0v) is 14.9. The Morgan fingerprint density at radius 2 is 1.90 bits per heavy atom. The van der Waals surface area contributed by atoms with E-state index >= 15 is 0 Å². The van der Waals surface area contributed by atoms with Crippen molar-refractivity contribution < 1.29 is 22.4 Å². The van der Waals surface area contributed by atoms with Crippen LogP contribution in [-0.2, 0) is 13.2 Å². The Morgan fingerprint density at radius 1 is 1.17 bits per heavy atom. The molecule has 7 nitrogen and oxygen atoms in total. The minimum atomic E-state index is -4.91. The summed E-state index contributed by atoms with van der Waals surface area (Å²) in [7, 11) is 1.64. The lowest BCUT2D eigenvalue weighted by Crippen LogP contribution is -2.18. The number of nitrogens with zero attached hydrogens (tertiary/aromatic N) is 2. The maximum Gasteiger partial charge on any atom is 0.452 e. The first-order valence-electron chi connectivity index (χ1n) is 8.37. The van der Waals surface area contributed by atoms with Crippen LogP contribution in [0.1, 0.15) is 16.2 Å². The molecule has 0 saturated heterocycles. The van der Waals surface area contributed by atoms with E-state index in [4.69, 9.17) is 4.42 Å². The molecule has 0 unspecified atom stereocenters. The van der Waals surface area contributed by atoms with Gasteiger partial charge in [-0.25, -0.2) is 4.98 Å². The molecule has 2 aromatic carbocycles. The number of amides is 1. The van der Waals surface area contributed by atoms with Gasteiger partial charge in [0.05, 0.1) is 10.9 Å². The number of halogens is 3. The molecule has 0 aliphatic carbocycles. The van der Waals surface area contributed by atoms with Crippen LogP contribution in [-0.4, -0.2) is 20.7 Å². The van der Waals surface area contributed by atoms with Gasteiger partial charge in [-0.05, 0) is 30.3 Å². The van der Waals surface area contributed by atoms with Crippen LogP contribution in [0, 0.1) is 0 Å². The van der Waals surface area contributed by atoms with Crippen LogP contribution in [0.2, 0.25) is 0 Å². The lowest BCUT2D eigenvalue weighted by molar-refractivity contribution is -0.153. The van der Waals surface area contributed by atoms with E-state index < -0.39 is 23.5 Å². The highest BCUT2D eigenvalue weighted by Crippen LogP contribution is 2.35. The van der Waals surface area contributed by atoms with Crippen molar-refractivity contribution in [3.63, 3.8) is 0 Å². The van der Waals surface area contributed by atoms with Crippen molar-refractivity contribution in [1.82, 2.24) is 14.8 Å². The zero-order chi connectivity index (χ0) is 20.8. The van der Waals surface area contributed by atoms with E-state index in [1.54, 1.807) is 31.3 Å².